The third-order valence-corrected chi connectivity index (χ3v) is 3.37. The summed E-state index contributed by atoms with van der Waals surface area (Å²) < 4.78 is 12.8. The number of rotatable bonds is 5. The lowest BCUT2D eigenvalue weighted by Gasteiger charge is -2.31. The van der Waals surface area contributed by atoms with Gasteiger partial charge in [0.25, 0.3) is 0 Å². The summed E-state index contributed by atoms with van der Waals surface area (Å²) in [6, 6.07) is 5.67. The second-order valence-corrected chi connectivity index (χ2v) is 6.50. The number of hydrogen-bond donors (Lipinski definition) is 3. The minimum absolute atomic E-state index is 0. The molecule has 120 valence electrons. The highest BCUT2D eigenvalue weighted by molar-refractivity contribution is 7.59. The van der Waals surface area contributed by atoms with Crippen LogP contribution in [0.3, 0.4) is 0 Å². The highest BCUT2D eigenvalue weighted by Gasteiger charge is 2.28. The fraction of sp³-hybridized carbons (Fsp3) is 0.667. The molecule has 1 heterocycles. The standard InChI is InChI=1S/C15H24FN3O.H2S/c1-15(2,3)17-9-13(20)12-5-4-6-14(19-12)18-11-7-10(16)8-11;/h4-6,10-11,13,17,20H,7-9H2,1-3H3,(H,18,19);1H2/t10?,11?,13-;/m0./s1. The van der Waals surface area contributed by atoms with Crippen molar-refractivity contribution in [3.05, 3.63) is 23.9 Å². The van der Waals surface area contributed by atoms with Crippen molar-refractivity contribution in [2.24, 2.45) is 0 Å². The molecule has 1 aliphatic rings. The average molecular weight is 315 g/mol. The van der Waals surface area contributed by atoms with E-state index in [9.17, 15) is 9.50 Å². The zero-order chi connectivity index (χ0) is 14.8. The smallest absolute Gasteiger partial charge is 0.126 e. The van der Waals surface area contributed by atoms with E-state index in [4.69, 9.17) is 0 Å². The van der Waals surface area contributed by atoms with E-state index < -0.39 is 12.3 Å². The summed E-state index contributed by atoms with van der Waals surface area (Å²) in [5.74, 6) is 0.703. The van der Waals surface area contributed by atoms with Crippen LogP contribution >= 0.6 is 13.5 Å². The molecular weight excluding hydrogens is 289 g/mol. The van der Waals surface area contributed by atoms with Gasteiger partial charge in [-0.25, -0.2) is 9.37 Å². The third-order valence-electron chi connectivity index (χ3n) is 3.37. The lowest BCUT2D eigenvalue weighted by Crippen LogP contribution is -2.39. The zero-order valence-corrected chi connectivity index (χ0v) is 13.9. The molecule has 1 atom stereocenters. The van der Waals surface area contributed by atoms with Crippen LogP contribution in [0.5, 0.6) is 0 Å². The quantitative estimate of drug-likeness (QED) is 0.781. The van der Waals surface area contributed by atoms with E-state index in [1.807, 2.05) is 12.1 Å². The Balaban J connectivity index is 0.00000220. The van der Waals surface area contributed by atoms with Crippen LogP contribution in [-0.2, 0) is 0 Å². The van der Waals surface area contributed by atoms with Crippen LogP contribution in [0.2, 0.25) is 0 Å². The molecule has 1 aromatic rings. The molecule has 1 aromatic heterocycles. The number of hydrogen-bond acceptors (Lipinski definition) is 4. The van der Waals surface area contributed by atoms with Crippen molar-refractivity contribution in [2.75, 3.05) is 11.9 Å². The van der Waals surface area contributed by atoms with Gasteiger partial charge in [-0.2, -0.15) is 13.5 Å². The SMILES string of the molecule is CC(C)(C)NC[C@H](O)c1cccc(NC2CC(F)C2)n1.S. The van der Waals surface area contributed by atoms with Gasteiger partial charge in [-0.15, -0.1) is 0 Å². The maximum atomic E-state index is 12.8. The summed E-state index contributed by atoms with van der Waals surface area (Å²) in [4.78, 5) is 4.40. The Morgan fingerprint density at radius 1 is 1.38 bits per heavy atom. The lowest BCUT2D eigenvalue weighted by molar-refractivity contribution is 0.159. The maximum Gasteiger partial charge on any atom is 0.126 e. The Bertz CT molecular complexity index is 447. The number of anilines is 1. The molecule has 0 radical (unpaired) electrons. The lowest BCUT2D eigenvalue weighted by atomic mass is 9.91. The van der Waals surface area contributed by atoms with Crippen molar-refractivity contribution in [3.63, 3.8) is 0 Å². The molecule has 21 heavy (non-hydrogen) atoms. The van der Waals surface area contributed by atoms with Gasteiger partial charge in [0.2, 0.25) is 0 Å². The van der Waals surface area contributed by atoms with E-state index in [0.717, 1.165) is 0 Å². The molecule has 6 heteroatoms. The van der Waals surface area contributed by atoms with Crippen molar-refractivity contribution in [2.45, 2.75) is 57.5 Å². The summed E-state index contributed by atoms with van der Waals surface area (Å²) in [6.45, 7) is 6.61. The van der Waals surface area contributed by atoms with Crippen LogP contribution in [0.4, 0.5) is 10.2 Å². The Labute approximate surface area is 133 Å². The summed E-state index contributed by atoms with van der Waals surface area (Å²) >= 11 is 0. The molecular formula is C15H26FN3OS. The van der Waals surface area contributed by atoms with Crippen LogP contribution in [0.15, 0.2) is 18.2 Å². The van der Waals surface area contributed by atoms with E-state index in [2.05, 4.69) is 36.4 Å². The van der Waals surface area contributed by atoms with Crippen molar-refractivity contribution < 1.29 is 9.50 Å². The summed E-state index contributed by atoms with van der Waals surface area (Å²) in [5.41, 5.74) is 0.585. The average Bonchev–Trinajstić information content (AvgIpc) is 2.33. The first-order valence-electron chi connectivity index (χ1n) is 7.14. The van der Waals surface area contributed by atoms with Crippen molar-refractivity contribution in [3.8, 4) is 0 Å². The second kappa shape index (κ2) is 7.42. The molecule has 0 amide bonds. The van der Waals surface area contributed by atoms with Crippen molar-refractivity contribution >= 4 is 19.3 Å². The van der Waals surface area contributed by atoms with E-state index >= 15 is 0 Å². The fourth-order valence-electron chi connectivity index (χ4n) is 2.10. The first-order valence-corrected chi connectivity index (χ1v) is 7.14. The van der Waals surface area contributed by atoms with Gasteiger partial charge in [-0.1, -0.05) is 6.07 Å². The number of alkyl halides is 1. The first-order chi connectivity index (χ1) is 9.33. The normalized spacial score (nSPS) is 22.9. The Morgan fingerprint density at radius 3 is 2.62 bits per heavy atom. The molecule has 1 fully saturated rings. The highest BCUT2D eigenvalue weighted by Crippen LogP contribution is 2.26. The number of aliphatic hydroxyl groups is 1. The minimum Gasteiger partial charge on any atom is -0.385 e. The molecule has 2 rings (SSSR count). The van der Waals surface area contributed by atoms with Gasteiger partial charge in [0.15, 0.2) is 0 Å². The van der Waals surface area contributed by atoms with Crippen molar-refractivity contribution in [1.29, 1.82) is 0 Å². The third kappa shape index (κ3) is 5.80. The van der Waals surface area contributed by atoms with E-state index in [1.165, 1.54) is 0 Å². The van der Waals surface area contributed by atoms with Crippen molar-refractivity contribution in [1.82, 2.24) is 10.3 Å². The Hall–Kier alpha value is -0.850. The molecule has 0 aliphatic heterocycles. The molecule has 0 spiro atoms. The first kappa shape index (κ1) is 18.2. The van der Waals surface area contributed by atoms with Crippen LogP contribution < -0.4 is 10.6 Å². The topological polar surface area (TPSA) is 57.2 Å². The monoisotopic (exact) mass is 315 g/mol. The summed E-state index contributed by atoms with van der Waals surface area (Å²) in [6.07, 6.45) is -0.247. The van der Waals surface area contributed by atoms with Gasteiger partial charge >= 0.3 is 0 Å². The molecule has 3 N–H and O–H groups in total. The number of pyridine rings is 1. The molecule has 0 aromatic carbocycles. The molecule has 0 saturated heterocycles. The Kier molecular flexibility index (Phi) is 6.43. The molecule has 1 saturated carbocycles. The van der Waals surface area contributed by atoms with Gasteiger partial charge in [-0.05, 0) is 45.7 Å². The number of nitrogens with zero attached hydrogens (tertiary/aromatic N) is 1. The van der Waals surface area contributed by atoms with Gasteiger partial charge in [0, 0.05) is 18.1 Å². The van der Waals surface area contributed by atoms with Crippen LogP contribution in [0, 0.1) is 0 Å². The molecule has 4 nitrogen and oxygen atoms in total. The maximum absolute atomic E-state index is 12.8. The number of aromatic nitrogens is 1. The second-order valence-electron chi connectivity index (χ2n) is 6.50. The Morgan fingerprint density at radius 2 is 2.05 bits per heavy atom. The number of nitrogens with one attached hydrogen (secondary N) is 2. The van der Waals surface area contributed by atoms with Gasteiger partial charge < -0.3 is 15.7 Å². The summed E-state index contributed by atoms with van der Waals surface area (Å²) in [5, 5.41) is 16.6. The highest BCUT2D eigenvalue weighted by atomic mass is 32.1. The fourth-order valence-corrected chi connectivity index (χ4v) is 2.10. The number of β-amino-alcohol motifs (C(OH)–C–C–N with tert-alkyl or cyclic N) is 1. The zero-order valence-electron chi connectivity index (χ0n) is 12.9. The predicted octanol–water partition coefficient (Wildman–Crippen LogP) is 2.53. The molecule has 0 bridgehead atoms. The van der Waals surface area contributed by atoms with Crippen LogP contribution in [0.1, 0.15) is 45.4 Å². The largest absolute Gasteiger partial charge is 0.385 e. The molecule has 1 aliphatic carbocycles. The van der Waals surface area contributed by atoms with Gasteiger partial charge in [0.05, 0.1) is 5.69 Å². The minimum atomic E-state index is -0.683. The number of halogens is 1. The van der Waals surface area contributed by atoms with E-state index in [0.29, 0.717) is 30.9 Å². The van der Waals surface area contributed by atoms with E-state index in [-0.39, 0.29) is 25.1 Å². The van der Waals surface area contributed by atoms with Crippen LogP contribution in [0.25, 0.3) is 0 Å². The number of aliphatic hydroxyl groups excluding tert-OH is 1. The predicted molar refractivity (Wildman–Crippen MR) is 88.9 cm³/mol. The van der Waals surface area contributed by atoms with Gasteiger partial charge in [-0.3, -0.25) is 0 Å². The van der Waals surface area contributed by atoms with E-state index in [1.54, 1.807) is 6.07 Å². The summed E-state index contributed by atoms with van der Waals surface area (Å²) in [7, 11) is 0. The molecule has 0 unspecified atom stereocenters. The van der Waals surface area contributed by atoms with Crippen LogP contribution in [-0.4, -0.2) is 34.4 Å². The van der Waals surface area contributed by atoms with Gasteiger partial charge in [0.1, 0.15) is 18.1 Å².